The zero-order chi connectivity index (χ0) is 16.7. The third-order valence-corrected chi connectivity index (χ3v) is 7.19. The summed E-state index contributed by atoms with van der Waals surface area (Å²) in [4.78, 5) is 26.1. The van der Waals surface area contributed by atoms with Gasteiger partial charge in [0.25, 0.3) is 0 Å². The Morgan fingerprint density at radius 1 is 1.25 bits per heavy atom. The van der Waals surface area contributed by atoms with Crippen molar-refractivity contribution in [2.24, 2.45) is 17.8 Å². The van der Waals surface area contributed by atoms with E-state index in [2.05, 4.69) is 5.32 Å². The van der Waals surface area contributed by atoms with Crippen LogP contribution in [0.15, 0.2) is 0 Å². The van der Waals surface area contributed by atoms with Gasteiger partial charge in [-0.05, 0) is 68.8 Å². The summed E-state index contributed by atoms with van der Waals surface area (Å²) in [5.41, 5.74) is 1.73. The molecular formula is C19H25NO3S. The Kier molecular flexibility index (Phi) is 4.37. The van der Waals surface area contributed by atoms with Crippen LogP contribution in [0.25, 0.3) is 0 Å². The molecule has 2 fully saturated rings. The van der Waals surface area contributed by atoms with E-state index in [9.17, 15) is 9.59 Å². The molecule has 1 aromatic rings. The van der Waals surface area contributed by atoms with Crippen molar-refractivity contribution >= 4 is 28.2 Å². The Morgan fingerprint density at radius 3 is 2.83 bits per heavy atom. The van der Waals surface area contributed by atoms with Crippen molar-refractivity contribution in [2.45, 2.75) is 58.3 Å². The Hall–Kier alpha value is -1.36. The summed E-state index contributed by atoms with van der Waals surface area (Å²) in [7, 11) is 0. The predicted molar refractivity (Wildman–Crippen MR) is 94.5 cm³/mol. The van der Waals surface area contributed by atoms with Crippen LogP contribution in [0.3, 0.4) is 0 Å². The number of ether oxygens (including phenoxy) is 1. The number of aryl methyl sites for hydroxylation is 1. The van der Waals surface area contributed by atoms with E-state index in [4.69, 9.17) is 4.74 Å². The molecule has 1 aromatic heterocycles. The van der Waals surface area contributed by atoms with Gasteiger partial charge in [-0.3, -0.25) is 4.79 Å². The lowest BCUT2D eigenvalue weighted by Gasteiger charge is -2.20. The van der Waals surface area contributed by atoms with Crippen LogP contribution in [0, 0.1) is 17.8 Å². The highest BCUT2D eigenvalue weighted by Crippen LogP contribution is 2.49. The van der Waals surface area contributed by atoms with Crippen molar-refractivity contribution in [1.82, 2.24) is 0 Å². The summed E-state index contributed by atoms with van der Waals surface area (Å²) in [5, 5.41) is 3.76. The number of fused-ring (bicyclic) bond motifs is 3. The predicted octanol–water partition coefficient (Wildman–Crippen LogP) is 4.18. The average Bonchev–Trinajstić information content (AvgIpc) is 3.26. The minimum Gasteiger partial charge on any atom is -0.462 e. The van der Waals surface area contributed by atoms with Crippen molar-refractivity contribution in [2.75, 3.05) is 11.9 Å². The number of hydrogen-bond donors (Lipinski definition) is 1. The molecule has 2 saturated carbocycles. The lowest BCUT2D eigenvalue weighted by atomic mass is 9.86. The van der Waals surface area contributed by atoms with Crippen molar-refractivity contribution in [3.8, 4) is 0 Å². The monoisotopic (exact) mass is 347 g/mol. The number of thiophene rings is 1. The van der Waals surface area contributed by atoms with E-state index in [0.717, 1.165) is 36.7 Å². The van der Waals surface area contributed by atoms with Crippen LogP contribution in [0.2, 0.25) is 0 Å². The fourth-order valence-electron chi connectivity index (χ4n) is 4.95. The van der Waals surface area contributed by atoms with Crippen molar-refractivity contribution in [3.05, 3.63) is 16.0 Å². The van der Waals surface area contributed by atoms with Crippen molar-refractivity contribution in [1.29, 1.82) is 0 Å². The molecule has 3 atom stereocenters. The number of hydrogen-bond acceptors (Lipinski definition) is 4. The van der Waals surface area contributed by atoms with Crippen molar-refractivity contribution in [3.63, 3.8) is 0 Å². The van der Waals surface area contributed by atoms with E-state index in [-0.39, 0.29) is 11.9 Å². The van der Waals surface area contributed by atoms with Crippen molar-refractivity contribution < 1.29 is 14.3 Å². The van der Waals surface area contributed by atoms with Crippen LogP contribution in [-0.2, 0) is 22.4 Å². The van der Waals surface area contributed by atoms with E-state index in [1.54, 1.807) is 11.3 Å². The van der Waals surface area contributed by atoms with Crippen LogP contribution in [0.1, 0.15) is 66.2 Å². The molecular weight excluding hydrogens is 322 g/mol. The zero-order valence-electron chi connectivity index (χ0n) is 14.2. The highest BCUT2D eigenvalue weighted by molar-refractivity contribution is 7.17. The lowest BCUT2D eigenvalue weighted by Crippen LogP contribution is -2.21. The van der Waals surface area contributed by atoms with Gasteiger partial charge in [0.15, 0.2) is 0 Å². The molecule has 0 aromatic carbocycles. The van der Waals surface area contributed by atoms with Gasteiger partial charge in [0.05, 0.1) is 12.2 Å². The molecule has 5 heteroatoms. The first-order chi connectivity index (χ1) is 11.7. The molecule has 1 amide bonds. The number of rotatable bonds is 5. The first-order valence-corrected chi connectivity index (χ1v) is 10.1. The summed E-state index contributed by atoms with van der Waals surface area (Å²) in [6.07, 6.45) is 8.80. The molecule has 4 nitrogen and oxygen atoms in total. The fourth-order valence-corrected chi connectivity index (χ4v) is 6.25. The smallest absolute Gasteiger partial charge is 0.341 e. The van der Waals surface area contributed by atoms with Gasteiger partial charge in [-0.15, -0.1) is 11.3 Å². The molecule has 2 bridgehead atoms. The number of amides is 1. The quantitative estimate of drug-likeness (QED) is 0.813. The second-order valence-corrected chi connectivity index (χ2v) is 8.57. The van der Waals surface area contributed by atoms with E-state index in [0.29, 0.717) is 29.5 Å². The fraction of sp³-hybridized carbons (Fsp3) is 0.684. The number of carbonyl (C=O) groups excluding carboxylic acids is 2. The van der Waals surface area contributed by atoms with Crippen LogP contribution in [0.5, 0.6) is 0 Å². The summed E-state index contributed by atoms with van der Waals surface area (Å²) in [6, 6.07) is 0. The summed E-state index contributed by atoms with van der Waals surface area (Å²) < 4.78 is 5.22. The van der Waals surface area contributed by atoms with Gasteiger partial charge in [0.2, 0.25) is 5.91 Å². The molecule has 0 unspecified atom stereocenters. The van der Waals surface area contributed by atoms with Crippen LogP contribution < -0.4 is 5.32 Å². The lowest BCUT2D eigenvalue weighted by molar-refractivity contribution is -0.117. The molecule has 4 rings (SSSR count). The van der Waals surface area contributed by atoms with Gasteiger partial charge in [0.1, 0.15) is 5.00 Å². The van der Waals surface area contributed by atoms with Gasteiger partial charge in [-0.1, -0.05) is 6.42 Å². The van der Waals surface area contributed by atoms with Crippen LogP contribution in [0.4, 0.5) is 5.00 Å². The average molecular weight is 347 g/mol. The number of nitrogens with one attached hydrogen (secondary N) is 1. The Labute approximate surface area is 147 Å². The Morgan fingerprint density at radius 2 is 2.12 bits per heavy atom. The maximum Gasteiger partial charge on any atom is 0.341 e. The Balaban J connectivity index is 1.47. The number of anilines is 1. The second kappa shape index (κ2) is 6.51. The normalized spacial score (nSPS) is 27.3. The van der Waals surface area contributed by atoms with Gasteiger partial charge in [-0.25, -0.2) is 4.79 Å². The van der Waals surface area contributed by atoms with Gasteiger partial charge in [-0.2, -0.15) is 0 Å². The van der Waals surface area contributed by atoms with Gasteiger partial charge in [0, 0.05) is 11.3 Å². The first kappa shape index (κ1) is 16.1. The van der Waals surface area contributed by atoms with E-state index >= 15 is 0 Å². The summed E-state index contributed by atoms with van der Waals surface area (Å²) >= 11 is 1.57. The van der Waals surface area contributed by atoms with E-state index < -0.39 is 0 Å². The number of carbonyl (C=O) groups is 2. The van der Waals surface area contributed by atoms with Crippen LogP contribution in [-0.4, -0.2) is 18.5 Å². The Bertz CT molecular complexity index is 666. The maximum absolute atomic E-state index is 12.5. The standard InChI is InChI=1S/C19H25NO3S/c1-2-23-19(22)17-14-4-3-5-15(14)24-18(17)20-16(21)10-13-9-11-6-7-12(13)8-11/h11-13H,2-10H2,1H3,(H,20,21)/t11-,12+,13+/m0/s1. The molecule has 24 heavy (non-hydrogen) atoms. The highest BCUT2D eigenvalue weighted by Gasteiger charge is 2.40. The largest absolute Gasteiger partial charge is 0.462 e. The highest BCUT2D eigenvalue weighted by atomic mass is 32.1. The molecule has 1 heterocycles. The minimum atomic E-state index is -0.285. The zero-order valence-corrected chi connectivity index (χ0v) is 15.0. The van der Waals surface area contributed by atoms with E-state index in [1.807, 2.05) is 6.92 Å². The third kappa shape index (κ3) is 2.87. The maximum atomic E-state index is 12.5. The molecule has 3 aliphatic rings. The first-order valence-electron chi connectivity index (χ1n) is 9.27. The topological polar surface area (TPSA) is 55.4 Å². The molecule has 0 aliphatic heterocycles. The second-order valence-electron chi connectivity index (χ2n) is 7.47. The molecule has 0 spiro atoms. The molecule has 0 radical (unpaired) electrons. The van der Waals surface area contributed by atoms with Gasteiger partial charge < -0.3 is 10.1 Å². The summed E-state index contributed by atoms with van der Waals surface area (Å²) in [5.74, 6) is 1.93. The molecule has 1 N–H and O–H groups in total. The molecule has 3 aliphatic carbocycles. The SMILES string of the molecule is CCOC(=O)c1c(NC(=O)C[C@H]2C[C@H]3CC[C@@H]2C3)sc2c1CCC2. The molecule has 130 valence electrons. The van der Waals surface area contributed by atoms with E-state index in [1.165, 1.54) is 30.6 Å². The molecule has 0 saturated heterocycles. The van der Waals surface area contributed by atoms with Crippen LogP contribution >= 0.6 is 11.3 Å². The van der Waals surface area contributed by atoms with Gasteiger partial charge >= 0.3 is 5.97 Å². The minimum absolute atomic E-state index is 0.0676. The number of esters is 1. The summed E-state index contributed by atoms with van der Waals surface area (Å²) in [6.45, 7) is 2.18. The third-order valence-electron chi connectivity index (χ3n) is 5.99.